The van der Waals surface area contributed by atoms with E-state index in [0.29, 0.717) is 18.1 Å². The van der Waals surface area contributed by atoms with Crippen molar-refractivity contribution in [3.8, 4) is 5.75 Å². The van der Waals surface area contributed by atoms with E-state index in [1.165, 1.54) is 18.9 Å². The molecule has 0 bridgehead atoms. The predicted octanol–water partition coefficient (Wildman–Crippen LogP) is 4.68. The van der Waals surface area contributed by atoms with E-state index < -0.39 is 6.36 Å². The highest BCUT2D eigenvalue weighted by molar-refractivity contribution is 5.31. The first kappa shape index (κ1) is 19.5. The number of alkyl halides is 3. The van der Waals surface area contributed by atoms with Gasteiger partial charge in [-0.2, -0.15) is 0 Å². The van der Waals surface area contributed by atoms with Gasteiger partial charge in [-0.15, -0.1) is 13.2 Å². The standard InChI is InChI=1S/C20H29F3N2O/c1-14(2)24-18-9-8-16(13-19(18)25-10-3-4-11-25)15-6-5-7-17(12-15)26-20(21,22)23/h5-7,12,14,16,18-19,24H,3-4,8-11,13H2,1-2H3/t16-,18-,19-/m0/s1. The van der Waals surface area contributed by atoms with Crippen LogP contribution < -0.4 is 10.1 Å². The second kappa shape index (κ2) is 8.17. The topological polar surface area (TPSA) is 24.5 Å². The Kier molecular flexibility index (Phi) is 6.13. The van der Waals surface area contributed by atoms with Crippen molar-refractivity contribution in [1.29, 1.82) is 0 Å². The lowest BCUT2D eigenvalue weighted by Gasteiger charge is -2.42. The van der Waals surface area contributed by atoms with Gasteiger partial charge in [-0.25, -0.2) is 0 Å². The van der Waals surface area contributed by atoms with E-state index in [2.05, 4.69) is 28.8 Å². The van der Waals surface area contributed by atoms with Gasteiger partial charge in [0, 0.05) is 18.1 Å². The van der Waals surface area contributed by atoms with Crippen LogP contribution in [-0.4, -0.2) is 42.5 Å². The smallest absolute Gasteiger partial charge is 0.406 e. The molecule has 146 valence electrons. The van der Waals surface area contributed by atoms with Crippen LogP contribution in [0, 0.1) is 0 Å². The molecule has 2 fully saturated rings. The van der Waals surface area contributed by atoms with Gasteiger partial charge in [0.25, 0.3) is 0 Å². The maximum absolute atomic E-state index is 12.5. The summed E-state index contributed by atoms with van der Waals surface area (Å²) < 4.78 is 41.7. The van der Waals surface area contributed by atoms with Crippen LogP contribution in [0.1, 0.15) is 57.4 Å². The van der Waals surface area contributed by atoms with Gasteiger partial charge in [0.1, 0.15) is 5.75 Å². The maximum Gasteiger partial charge on any atom is 0.573 e. The van der Waals surface area contributed by atoms with Crippen molar-refractivity contribution in [2.45, 2.75) is 76.4 Å². The summed E-state index contributed by atoms with van der Waals surface area (Å²) in [6, 6.07) is 7.89. The predicted molar refractivity (Wildman–Crippen MR) is 96.4 cm³/mol. The Morgan fingerprint density at radius 2 is 1.88 bits per heavy atom. The number of nitrogens with zero attached hydrogens (tertiary/aromatic N) is 1. The van der Waals surface area contributed by atoms with Crippen LogP contribution in [0.25, 0.3) is 0 Å². The van der Waals surface area contributed by atoms with E-state index in [-0.39, 0.29) is 11.7 Å². The summed E-state index contributed by atoms with van der Waals surface area (Å²) >= 11 is 0. The third kappa shape index (κ3) is 5.13. The fraction of sp³-hybridized carbons (Fsp3) is 0.700. The summed E-state index contributed by atoms with van der Waals surface area (Å²) in [7, 11) is 0. The molecule has 1 aliphatic heterocycles. The first-order valence-corrected chi connectivity index (χ1v) is 9.67. The Labute approximate surface area is 153 Å². The molecule has 1 saturated carbocycles. The molecule has 0 spiro atoms. The van der Waals surface area contributed by atoms with Crippen molar-refractivity contribution in [3.05, 3.63) is 29.8 Å². The minimum absolute atomic E-state index is 0.116. The quantitative estimate of drug-likeness (QED) is 0.814. The highest BCUT2D eigenvalue weighted by Gasteiger charge is 2.36. The Morgan fingerprint density at radius 1 is 1.15 bits per heavy atom. The van der Waals surface area contributed by atoms with Gasteiger partial charge in [-0.1, -0.05) is 26.0 Å². The fourth-order valence-corrected chi connectivity index (χ4v) is 4.51. The molecule has 0 aromatic heterocycles. The molecular formula is C20H29F3N2O. The molecule has 2 aliphatic rings. The molecule has 0 amide bonds. The number of nitrogens with one attached hydrogen (secondary N) is 1. The number of ether oxygens (including phenoxy) is 1. The van der Waals surface area contributed by atoms with Gasteiger partial charge in [0.05, 0.1) is 0 Å². The van der Waals surface area contributed by atoms with Crippen LogP contribution in [-0.2, 0) is 0 Å². The number of benzene rings is 1. The zero-order chi connectivity index (χ0) is 18.7. The fourth-order valence-electron chi connectivity index (χ4n) is 4.51. The summed E-state index contributed by atoms with van der Waals surface area (Å²) in [6.45, 7) is 6.60. The van der Waals surface area contributed by atoms with Gasteiger partial charge in [-0.05, 0) is 68.8 Å². The summed E-state index contributed by atoms with van der Waals surface area (Å²) in [5, 5.41) is 3.71. The molecule has 1 aromatic carbocycles. The SMILES string of the molecule is CC(C)N[C@H]1CC[C@H](c2cccc(OC(F)(F)F)c2)C[C@@H]1N1CCCC1. The van der Waals surface area contributed by atoms with Crippen molar-refractivity contribution >= 4 is 0 Å². The second-order valence-corrected chi connectivity index (χ2v) is 7.87. The summed E-state index contributed by atoms with van der Waals surface area (Å²) in [6.07, 6.45) is 0.864. The lowest BCUT2D eigenvalue weighted by Crippen LogP contribution is -2.53. The third-order valence-electron chi connectivity index (χ3n) is 5.54. The average Bonchev–Trinajstić information content (AvgIpc) is 3.07. The number of halogens is 3. The lowest BCUT2D eigenvalue weighted by molar-refractivity contribution is -0.274. The van der Waals surface area contributed by atoms with E-state index in [1.807, 2.05) is 6.07 Å². The molecular weight excluding hydrogens is 341 g/mol. The molecule has 0 radical (unpaired) electrons. The van der Waals surface area contributed by atoms with E-state index in [1.54, 1.807) is 12.1 Å². The Bertz CT molecular complexity index is 585. The number of hydrogen-bond donors (Lipinski definition) is 1. The van der Waals surface area contributed by atoms with Crippen molar-refractivity contribution in [3.63, 3.8) is 0 Å². The van der Waals surface area contributed by atoms with E-state index in [9.17, 15) is 13.2 Å². The van der Waals surface area contributed by atoms with Crippen LogP contribution >= 0.6 is 0 Å². The van der Waals surface area contributed by atoms with Gasteiger partial charge in [0.2, 0.25) is 0 Å². The van der Waals surface area contributed by atoms with E-state index in [0.717, 1.165) is 37.9 Å². The number of hydrogen-bond acceptors (Lipinski definition) is 3. The van der Waals surface area contributed by atoms with Crippen LogP contribution in [0.5, 0.6) is 5.75 Å². The molecule has 26 heavy (non-hydrogen) atoms. The van der Waals surface area contributed by atoms with E-state index >= 15 is 0 Å². The van der Waals surface area contributed by atoms with Crippen LogP contribution in [0.2, 0.25) is 0 Å². The minimum Gasteiger partial charge on any atom is -0.406 e. The molecule has 3 rings (SSSR count). The van der Waals surface area contributed by atoms with Crippen molar-refractivity contribution in [2.24, 2.45) is 0 Å². The van der Waals surface area contributed by atoms with Crippen LogP contribution in [0.15, 0.2) is 24.3 Å². The average molecular weight is 370 g/mol. The molecule has 6 heteroatoms. The summed E-state index contributed by atoms with van der Waals surface area (Å²) in [5.41, 5.74) is 0.957. The highest BCUT2D eigenvalue weighted by Crippen LogP contribution is 2.38. The number of likely N-dealkylation sites (tertiary alicyclic amines) is 1. The van der Waals surface area contributed by atoms with Gasteiger partial charge in [-0.3, -0.25) is 4.90 Å². The van der Waals surface area contributed by atoms with Crippen molar-refractivity contribution < 1.29 is 17.9 Å². The Hall–Kier alpha value is -1.27. The first-order valence-electron chi connectivity index (χ1n) is 9.67. The Morgan fingerprint density at radius 3 is 2.54 bits per heavy atom. The van der Waals surface area contributed by atoms with Gasteiger partial charge < -0.3 is 10.1 Å². The number of rotatable bonds is 5. The van der Waals surface area contributed by atoms with Crippen LogP contribution in [0.3, 0.4) is 0 Å². The molecule has 1 aromatic rings. The van der Waals surface area contributed by atoms with Crippen molar-refractivity contribution in [2.75, 3.05) is 13.1 Å². The highest BCUT2D eigenvalue weighted by atomic mass is 19.4. The van der Waals surface area contributed by atoms with Gasteiger partial charge >= 0.3 is 6.36 Å². The normalized spacial score (nSPS) is 27.8. The molecule has 0 unspecified atom stereocenters. The van der Waals surface area contributed by atoms with E-state index in [4.69, 9.17) is 0 Å². The molecule has 1 saturated heterocycles. The van der Waals surface area contributed by atoms with Crippen LogP contribution in [0.4, 0.5) is 13.2 Å². The Balaban J connectivity index is 1.74. The summed E-state index contributed by atoms with van der Waals surface area (Å²) in [4.78, 5) is 2.57. The molecule has 3 atom stereocenters. The third-order valence-corrected chi connectivity index (χ3v) is 5.54. The second-order valence-electron chi connectivity index (χ2n) is 7.87. The first-order chi connectivity index (χ1) is 12.3. The van der Waals surface area contributed by atoms with Gasteiger partial charge in [0.15, 0.2) is 0 Å². The minimum atomic E-state index is -4.64. The molecule has 1 aliphatic carbocycles. The molecule has 1 heterocycles. The molecule has 1 N–H and O–H groups in total. The summed E-state index contributed by atoms with van der Waals surface area (Å²) in [5.74, 6) is 0.165. The lowest BCUT2D eigenvalue weighted by atomic mass is 9.78. The maximum atomic E-state index is 12.5. The molecule has 3 nitrogen and oxygen atoms in total. The largest absolute Gasteiger partial charge is 0.573 e. The zero-order valence-corrected chi connectivity index (χ0v) is 15.6. The zero-order valence-electron chi connectivity index (χ0n) is 15.6. The monoisotopic (exact) mass is 370 g/mol. The van der Waals surface area contributed by atoms with Crippen molar-refractivity contribution in [1.82, 2.24) is 10.2 Å².